The van der Waals surface area contributed by atoms with Gasteiger partial charge in [-0.25, -0.2) is 4.39 Å². The van der Waals surface area contributed by atoms with E-state index < -0.39 is 5.83 Å². The van der Waals surface area contributed by atoms with Gasteiger partial charge in [0.2, 0.25) is 0 Å². The van der Waals surface area contributed by atoms with Crippen molar-refractivity contribution in [1.29, 1.82) is 0 Å². The molecule has 0 heterocycles. The molecule has 0 radical (unpaired) electrons. The van der Waals surface area contributed by atoms with Crippen LogP contribution in [0.4, 0.5) is 4.39 Å². The molecule has 0 aliphatic rings. The topological polar surface area (TPSA) is 35.2 Å². The summed E-state index contributed by atoms with van der Waals surface area (Å²) in [6, 6.07) is 5.55. The maximum Gasteiger partial charge on any atom is 0.139 e. The van der Waals surface area contributed by atoms with Gasteiger partial charge in [0.05, 0.1) is 5.02 Å². The van der Waals surface area contributed by atoms with Crippen molar-refractivity contribution >= 4 is 11.6 Å². The van der Waals surface area contributed by atoms with Crippen molar-refractivity contribution in [3.05, 3.63) is 40.7 Å². The van der Waals surface area contributed by atoms with E-state index in [1.54, 1.807) is 6.07 Å². The van der Waals surface area contributed by atoms with Gasteiger partial charge in [-0.1, -0.05) is 38.4 Å². The summed E-state index contributed by atoms with van der Waals surface area (Å²) >= 11 is 6.10. The first kappa shape index (κ1) is 15.0. The molecule has 0 unspecified atom stereocenters. The van der Waals surface area contributed by atoms with Crippen LogP contribution in [-0.2, 0) is 5.41 Å². The molecule has 0 saturated heterocycles. The molecule has 0 fully saturated rings. The predicted octanol–water partition coefficient (Wildman–Crippen LogP) is 3.83. The van der Waals surface area contributed by atoms with Crippen LogP contribution in [0.5, 0.6) is 5.75 Å². The first-order valence-electron chi connectivity index (χ1n) is 5.82. The summed E-state index contributed by atoms with van der Waals surface area (Å²) in [6.07, 6.45) is 1.28. The molecule has 1 aromatic carbocycles. The lowest BCUT2D eigenvalue weighted by Gasteiger charge is -2.20. The molecule has 1 rings (SSSR count). The fraction of sp³-hybridized carbons (Fsp3) is 0.429. The van der Waals surface area contributed by atoms with Crippen molar-refractivity contribution in [3.63, 3.8) is 0 Å². The first-order chi connectivity index (χ1) is 8.34. The minimum absolute atomic E-state index is 0.0207. The molecule has 0 spiro atoms. The number of halogens is 2. The minimum Gasteiger partial charge on any atom is -0.485 e. The molecular weight excluding hydrogens is 253 g/mol. The molecule has 0 bridgehead atoms. The second kappa shape index (κ2) is 6.21. The van der Waals surface area contributed by atoms with E-state index in [0.29, 0.717) is 10.8 Å². The summed E-state index contributed by atoms with van der Waals surface area (Å²) in [7, 11) is 0. The van der Waals surface area contributed by atoms with Gasteiger partial charge in [0.25, 0.3) is 0 Å². The number of hydrogen-bond donors (Lipinski definition) is 1. The van der Waals surface area contributed by atoms with Gasteiger partial charge in [-0.3, -0.25) is 0 Å². The van der Waals surface area contributed by atoms with E-state index in [2.05, 4.69) is 20.8 Å². The van der Waals surface area contributed by atoms with Crippen LogP contribution in [0, 0.1) is 0 Å². The van der Waals surface area contributed by atoms with Crippen molar-refractivity contribution in [2.24, 2.45) is 5.73 Å². The van der Waals surface area contributed by atoms with Gasteiger partial charge in [0.1, 0.15) is 18.2 Å². The third kappa shape index (κ3) is 4.31. The zero-order chi connectivity index (χ0) is 13.8. The Balaban J connectivity index is 2.78. The molecular formula is C14H19ClFNO. The lowest BCUT2D eigenvalue weighted by Crippen LogP contribution is -2.11. The smallest absolute Gasteiger partial charge is 0.139 e. The zero-order valence-electron chi connectivity index (χ0n) is 11.0. The number of ether oxygens (including phenoxy) is 1. The average molecular weight is 272 g/mol. The van der Waals surface area contributed by atoms with Gasteiger partial charge >= 0.3 is 0 Å². The molecule has 0 saturated carbocycles. The fourth-order valence-corrected chi connectivity index (χ4v) is 1.65. The summed E-state index contributed by atoms with van der Waals surface area (Å²) in [5.74, 6) is 0.0821. The molecule has 0 amide bonds. The van der Waals surface area contributed by atoms with Crippen molar-refractivity contribution in [1.82, 2.24) is 0 Å². The van der Waals surface area contributed by atoms with E-state index in [1.807, 2.05) is 12.1 Å². The van der Waals surface area contributed by atoms with Crippen molar-refractivity contribution in [3.8, 4) is 5.75 Å². The van der Waals surface area contributed by atoms with E-state index in [1.165, 1.54) is 6.08 Å². The Labute approximate surface area is 113 Å². The standard InChI is InChI=1S/C14H19ClFNO/c1-14(2,3)10-4-5-13(12(15)8-10)18-9-11(16)6-7-17/h4-6,8H,7,9,17H2,1-3H3/b11-6+. The average Bonchev–Trinajstić information content (AvgIpc) is 2.26. The van der Waals surface area contributed by atoms with Gasteiger partial charge in [-0.05, 0) is 29.2 Å². The van der Waals surface area contributed by atoms with Gasteiger partial charge in [-0.15, -0.1) is 0 Å². The summed E-state index contributed by atoms with van der Waals surface area (Å²) in [5, 5.41) is 0.489. The monoisotopic (exact) mass is 271 g/mol. The van der Waals surface area contributed by atoms with Crippen LogP contribution in [0.15, 0.2) is 30.1 Å². The maximum atomic E-state index is 13.1. The van der Waals surface area contributed by atoms with Crippen LogP contribution in [0.2, 0.25) is 5.02 Å². The Kier molecular flexibility index (Phi) is 5.17. The molecule has 0 aromatic heterocycles. The third-order valence-electron chi connectivity index (χ3n) is 2.50. The molecule has 0 atom stereocenters. The van der Waals surface area contributed by atoms with Crippen molar-refractivity contribution < 1.29 is 9.13 Å². The quantitative estimate of drug-likeness (QED) is 0.903. The molecule has 2 nitrogen and oxygen atoms in total. The second-order valence-corrected chi connectivity index (χ2v) is 5.48. The number of nitrogens with two attached hydrogens (primary N) is 1. The molecule has 2 N–H and O–H groups in total. The Morgan fingerprint density at radius 3 is 2.61 bits per heavy atom. The Morgan fingerprint density at radius 1 is 1.44 bits per heavy atom. The van der Waals surface area contributed by atoms with E-state index in [-0.39, 0.29) is 18.6 Å². The second-order valence-electron chi connectivity index (χ2n) is 5.07. The lowest BCUT2D eigenvalue weighted by molar-refractivity contribution is 0.318. The zero-order valence-corrected chi connectivity index (χ0v) is 11.7. The van der Waals surface area contributed by atoms with E-state index in [9.17, 15) is 4.39 Å². The number of benzene rings is 1. The number of rotatable bonds is 4. The number of hydrogen-bond acceptors (Lipinski definition) is 2. The molecule has 1 aromatic rings. The highest BCUT2D eigenvalue weighted by molar-refractivity contribution is 6.32. The highest BCUT2D eigenvalue weighted by atomic mass is 35.5. The molecule has 100 valence electrons. The van der Waals surface area contributed by atoms with Crippen LogP contribution < -0.4 is 10.5 Å². The minimum atomic E-state index is -0.395. The largest absolute Gasteiger partial charge is 0.485 e. The predicted molar refractivity (Wildman–Crippen MR) is 73.9 cm³/mol. The Morgan fingerprint density at radius 2 is 2.11 bits per heavy atom. The van der Waals surface area contributed by atoms with Crippen molar-refractivity contribution in [2.75, 3.05) is 13.2 Å². The summed E-state index contributed by atoms with van der Waals surface area (Å²) in [5.41, 5.74) is 6.33. The van der Waals surface area contributed by atoms with Gasteiger partial charge in [-0.2, -0.15) is 0 Å². The fourth-order valence-electron chi connectivity index (χ4n) is 1.42. The summed E-state index contributed by atoms with van der Waals surface area (Å²) in [4.78, 5) is 0. The normalized spacial score (nSPS) is 12.7. The van der Waals surface area contributed by atoms with E-state index in [4.69, 9.17) is 22.1 Å². The molecule has 0 aliphatic carbocycles. The summed E-state index contributed by atoms with van der Waals surface area (Å²) in [6.45, 7) is 6.31. The highest BCUT2D eigenvalue weighted by Crippen LogP contribution is 2.31. The van der Waals surface area contributed by atoms with Crippen LogP contribution in [0.1, 0.15) is 26.3 Å². The molecule has 4 heteroatoms. The first-order valence-corrected chi connectivity index (χ1v) is 6.20. The Hall–Kier alpha value is -1.06. The van der Waals surface area contributed by atoms with Crippen LogP contribution in [-0.4, -0.2) is 13.2 Å². The SMILES string of the molecule is CC(C)(C)c1ccc(OC/C(F)=C\CN)c(Cl)c1. The molecule has 0 aliphatic heterocycles. The Bertz CT molecular complexity index is 438. The van der Waals surface area contributed by atoms with Crippen LogP contribution in [0.3, 0.4) is 0 Å². The molecule has 18 heavy (non-hydrogen) atoms. The van der Waals surface area contributed by atoms with E-state index >= 15 is 0 Å². The van der Waals surface area contributed by atoms with Gasteiger partial charge in [0.15, 0.2) is 0 Å². The summed E-state index contributed by atoms with van der Waals surface area (Å²) < 4.78 is 18.4. The van der Waals surface area contributed by atoms with Crippen LogP contribution >= 0.6 is 11.6 Å². The van der Waals surface area contributed by atoms with Crippen molar-refractivity contribution in [2.45, 2.75) is 26.2 Å². The lowest BCUT2D eigenvalue weighted by atomic mass is 9.87. The van der Waals surface area contributed by atoms with E-state index in [0.717, 1.165) is 5.56 Å². The van der Waals surface area contributed by atoms with Gasteiger partial charge < -0.3 is 10.5 Å². The highest BCUT2D eigenvalue weighted by Gasteiger charge is 2.15. The maximum absolute atomic E-state index is 13.1. The van der Waals surface area contributed by atoms with Crippen LogP contribution in [0.25, 0.3) is 0 Å². The van der Waals surface area contributed by atoms with Gasteiger partial charge in [0, 0.05) is 6.54 Å². The third-order valence-corrected chi connectivity index (χ3v) is 2.80.